The van der Waals surface area contributed by atoms with E-state index in [2.05, 4.69) is 11.7 Å². The van der Waals surface area contributed by atoms with Crippen molar-refractivity contribution in [3.05, 3.63) is 11.5 Å². The summed E-state index contributed by atoms with van der Waals surface area (Å²) in [6.45, 7) is 1.18. The Morgan fingerprint density at radius 1 is 1.00 bits per heavy atom. The standard InChI is InChI=1S/C22H36O7.Ca/c1-2-3-4-5-6-7-8-9-10-11-12-13-14-15-18(25)28-21-19(26)22(27)29-20(21)17(24)16-23;/h17,20,26H,2-16H2,1H3;/q-2;+2/t17-,20+;/m0./s1. The van der Waals surface area contributed by atoms with E-state index in [4.69, 9.17) is 4.74 Å². The Morgan fingerprint density at radius 2 is 1.47 bits per heavy atom. The maximum Gasteiger partial charge on any atom is 2.00 e. The molecule has 168 valence electrons. The molecule has 0 aromatic carbocycles. The molecule has 0 radical (unpaired) electrons. The van der Waals surface area contributed by atoms with Gasteiger partial charge in [0.25, 0.3) is 0 Å². The van der Waals surface area contributed by atoms with Gasteiger partial charge in [-0.25, -0.2) is 4.79 Å². The van der Waals surface area contributed by atoms with Crippen molar-refractivity contribution in [1.29, 1.82) is 0 Å². The van der Waals surface area contributed by atoms with Gasteiger partial charge >= 0.3 is 49.7 Å². The van der Waals surface area contributed by atoms with Crippen LogP contribution in [0.5, 0.6) is 0 Å². The summed E-state index contributed by atoms with van der Waals surface area (Å²) in [4.78, 5) is 23.2. The third kappa shape index (κ3) is 11.9. The zero-order valence-corrected chi connectivity index (χ0v) is 20.6. The van der Waals surface area contributed by atoms with Crippen molar-refractivity contribution in [2.75, 3.05) is 6.61 Å². The fourth-order valence-corrected chi connectivity index (χ4v) is 3.36. The smallest absolute Gasteiger partial charge is 0.855 e. The third-order valence-electron chi connectivity index (χ3n) is 5.13. The quantitative estimate of drug-likeness (QED) is 0.204. The first kappa shape index (κ1) is 29.7. The third-order valence-corrected chi connectivity index (χ3v) is 5.13. The Labute approximate surface area is 210 Å². The molecule has 0 unspecified atom stereocenters. The first-order chi connectivity index (χ1) is 14.0. The summed E-state index contributed by atoms with van der Waals surface area (Å²) < 4.78 is 9.55. The second kappa shape index (κ2) is 18.3. The molecule has 1 heterocycles. The molecule has 0 aliphatic carbocycles. The van der Waals surface area contributed by atoms with Crippen molar-refractivity contribution in [2.24, 2.45) is 0 Å². The van der Waals surface area contributed by atoms with E-state index in [0.717, 1.165) is 19.3 Å². The van der Waals surface area contributed by atoms with Crippen LogP contribution in [-0.4, -0.2) is 73.6 Å². The van der Waals surface area contributed by atoms with Crippen LogP contribution in [0.25, 0.3) is 0 Å². The molecular weight excluding hydrogens is 416 g/mol. The maximum absolute atomic E-state index is 11.9. The molecule has 1 rings (SSSR count). The summed E-state index contributed by atoms with van der Waals surface area (Å²) in [7, 11) is 0. The van der Waals surface area contributed by atoms with Crippen LogP contribution >= 0.6 is 0 Å². The van der Waals surface area contributed by atoms with E-state index >= 15 is 0 Å². The zero-order chi connectivity index (χ0) is 21.5. The average molecular weight is 453 g/mol. The Kier molecular flexibility index (Phi) is 18.0. The fraction of sp³-hybridized carbons (Fsp3) is 0.818. The average Bonchev–Trinajstić information content (AvgIpc) is 2.99. The molecule has 0 bridgehead atoms. The molecule has 0 aromatic rings. The Balaban J connectivity index is 0.00000841. The van der Waals surface area contributed by atoms with Crippen LogP contribution in [-0.2, 0) is 19.1 Å². The number of rotatable bonds is 17. The number of cyclic esters (lactones) is 1. The van der Waals surface area contributed by atoms with Crippen molar-refractivity contribution in [2.45, 2.75) is 109 Å². The van der Waals surface area contributed by atoms with Gasteiger partial charge in [-0.2, -0.15) is 0 Å². The Morgan fingerprint density at radius 3 is 1.93 bits per heavy atom. The van der Waals surface area contributed by atoms with E-state index in [1.807, 2.05) is 0 Å². The molecule has 0 aromatic heterocycles. The van der Waals surface area contributed by atoms with Crippen molar-refractivity contribution in [3.8, 4) is 0 Å². The zero-order valence-electron chi connectivity index (χ0n) is 18.4. The van der Waals surface area contributed by atoms with Gasteiger partial charge in [0.15, 0.2) is 11.9 Å². The van der Waals surface area contributed by atoms with Gasteiger partial charge < -0.3 is 24.8 Å². The predicted molar refractivity (Wildman–Crippen MR) is 110 cm³/mol. The molecule has 1 N–H and O–H groups in total. The first-order valence-corrected chi connectivity index (χ1v) is 11.1. The number of esters is 2. The summed E-state index contributed by atoms with van der Waals surface area (Å²) in [6.07, 6.45) is 12.2. The summed E-state index contributed by atoms with van der Waals surface area (Å²) in [5.41, 5.74) is 0. The Bertz CT molecular complexity index is 522. The molecule has 0 saturated heterocycles. The van der Waals surface area contributed by atoms with E-state index in [-0.39, 0.29) is 44.2 Å². The number of carbonyl (C=O) groups is 2. The predicted octanol–water partition coefficient (Wildman–Crippen LogP) is 2.41. The van der Waals surface area contributed by atoms with Crippen LogP contribution in [0, 0.1) is 0 Å². The van der Waals surface area contributed by atoms with Crippen LogP contribution in [0.2, 0.25) is 0 Å². The monoisotopic (exact) mass is 452 g/mol. The molecule has 0 fully saturated rings. The van der Waals surface area contributed by atoms with E-state index < -0.39 is 42.3 Å². The van der Waals surface area contributed by atoms with Crippen LogP contribution in [0.3, 0.4) is 0 Å². The van der Waals surface area contributed by atoms with Crippen molar-refractivity contribution < 1.29 is 34.4 Å². The van der Waals surface area contributed by atoms with Gasteiger partial charge in [-0.1, -0.05) is 90.1 Å². The van der Waals surface area contributed by atoms with Crippen LogP contribution in [0.4, 0.5) is 0 Å². The normalized spacial score (nSPS) is 16.9. The topological polar surface area (TPSA) is 119 Å². The maximum atomic E-state index is 11.9. The molecule has 30 heavy (non-hydrogen) atoms. The summed E-state index contributed by atoms with van der Waals surface area (Å²) in [6, 6.07) is 0. The van der Waals surface area contributed by atoms with E-state index in [9.17, 15) is 24.9 Å². The molecule has 7 nitrogen and oxygen atoms in total. The molecule has 0 spiro atoms. The second-order valence-corrected chi connectivity index (χ2v) is 7.71. The number of hydrogen-bond acceptors (Lipinski definition) is 7. The number of hydrogen-bond donors (Lipinski definition) is 1. The minimum atomic E-state index is -1.82. The van der Waals surface area contributed by atoms with Crippen LogP contribution < -0.4 is 10.2 Å². The number of aliphatic hydroxyl groups excluding tert-OH is 1. The molecule has 0 amide bonds. The first-order valence-electron chi connectivity index (χ1n) is 11.1. The van der Waals surface area contributed by atoms with Gasteiger partial charge in [-0.3, -0.25) is 4.79 Å². The van der Waals surface area contributed by atoms with Gasteiger partial charge in [0, 0.05) is 6.42 Å². The van der Waals surface area contributed by atoms with Crippen molar-refractivity contribution in [1.82, 2.24) is 0 Å². The van der Waals surface area contributed by atoms with Gasteiger partial charge in [0.1, 0.15) is 0 Å². The van der Waals surface area contributed by atoms with Crippen LogP contribution in [0.1, 0.15) is 96.8 Å². The molecule has 2 atom stereocenters. The number of ether oxygens (including phenoxy) is 2. The van der Waals surface area contributed by atoms with Gasteiger partial charge in [0.2, 0.25) is 5.76 Å². The minimum absolute atomic E-state index is 0. The van der Waals surface area contributed by atoms with Crippen molar-refractivity contribution in [3.63, 3.8) is 0 Å². The number of unbranched alkanes of at least 4 members (excludes halogenated alkanes) is 12. The summed E-state index contributed by atoms with van der Waals surface area (Å²) in [5.74, 6) is -3.21. The SMILES string of the molecule is CCCCCCCCCCCCCCCC(=O)OC1=C(O)C(=O)O[C@@H]1[C@@H]([O-])C[O-].[Ca+2]. The fourth-order valence-electron chi connectivity index (χ4n) is 3.36. The second-order valence-electron chi connectivity index (χ2n) is 7.71. The Hall–Kier alpha value is -0.340. The number of carbonyl (C=O) groups excluding carboxylic acids is 2. The van der Waals surface area contributed by atoms with E-state index in [0.29, 0.717) is 6.42 Å². The number of aliphatic hydroxyl groups is 1. The molecule has 0 saturated carbocycles. The van der Waals surface area contributed by atoms with Gasteiger partial charge in [-0.15, -0.1) is 6.61 Å². The minimum Gasteiger partial charge on any atom is -0.855 e. The summed E-state index contributed by atoms with van der Waals surface area (Å²) in [5, 5.41) is 31.9. The van der Waals surface area contributed by atoms with Gasteiger partial charge in [-0.05, 0) is 6.42 Å². The molecule has 1 aliphatic rings. The molecular formula is C22H36CaO7. The van der Waals surface area contributed by atoms with Crippen molar-refractivity contribution >= 4 is 49.7 Å². The van der Waals surface area contributed by atoms with Crippen LogP contribution in [0.15, 0.2) is 11.5 Å². The van der Waals surface area contributed by atoms with E-state index in [1.165, 1.54) is 57.8 Å². The van der Waals surface area contributed by atoms with E-state index in [1.54, 1.807) is 0 Å². The largest absolute Gasteiger partial charge is 2.00 e. The molecule has 8 heteroatoms. The molecule has 1 aliphatic heterocycles. The van der Waals surface area contributed by atoms with Gasteiger partial charge in [0.05, 0.1) is 0 Å². The summed E-state index contributed by atoms with van der Waals surface area (Å²) >= 11 is 0.